The Bertz CT molecular complexity index is 1500. The predicted molar refractivity (Wildman–Crippen MR) is 167 cm³/mol. The summed E-state index contributed by atoms with van der Waals surface area (Å²) in [6.07, 6.45) is 2.64. The average Bonchev–Trinajstić information content (AvgIpc) is 3.06. The van der Waals surface area contributed by atoms with Crippen molar-refractivity contribution in [3.05, 3.63) is 101 Å². The smallest absolute Gasteiger partial charge is 0.408 e. The molecule has 1 atom stereocenters. The molecule has 3 amide bonds. The number of hydrogen-bond donors (Lipinski definition) is 2. The minimum atomic E-state index is -0.712. The summed E-state index contributed by atoms with van der Waals surface area (Å²) in [6.45, 7) is 4.23. The molecule has 2 bridgehead atoms. The van der Waals surface area contributed by atoms with Crippen LogP contribution in [0.25, 0.3) is 0 Å². The van der Waals surface area contributed by atoms with Crippen molar-refractivity contribution in [1.82, 2.24) is 20.4 Å². The molecule has 2 N–H and O–H groups in total. The molecule has 4 heterocycles. The number of carbonyl (C=O) groups excluding carboxylic acids is 4. The number of rotatable bonds is 11. The molecule has 45 heavy (non-hydrogen) atoms. The van der Waals surface area contributed by atoms with Gasteiger partial charge in [-0.1, -0.05) is 42.5 Å². The van der Waals surface area contributed by atoms with E-state index in [0.717, 1.165) is 49.9 Å². The Morgan fingerprint density at radius 1 is 0.889 bits per heavy atom. The molecular weight excluding hydrogens is 572 g/mol. The normalized spacial score (nSPS) is 21.2. The van der Waals surface area contributed by atoms with E-state index >= 15 is 0 Å². The lowest BCUT2D eigenvalue weighted by atomic mass is 9.82. The molecular formula is C35H38N4O6. The van der Waals surface area contributed by atoms with Gasteiger partial charge in [0.2, 0.25) is 0 Å². The number of likely N-dealkylation sites (tertiary alicyclic amines) is 1. The Labute approximate surface area is 262 Å². The Kier molecular flexibility index (Phi) is 9.11. The van der Waals surface area contributed by atoms with E-state index < -0.39 is 11.6 Å². The molecule has 3 aromatic rings. The van der Waals surface area contributed by atoms with Crippen LogP contribution in [0.15, 0.2) is 78.9 Å². The molecule has 10 nitrogen and oxygen atoms in total. The fraction of sp³-hybridized carbons (Fsp3) is 0.371. The number of nitrogens with zero attached hydrogens (tertiary/aromatic N) is 2. The van der Waals surface area contributed by atoms with Crippen LogP contribution >= 0.6 is 0 Å². The fourth-order valence-electron chi connectivity index (χ4n) is 6.39. The number of aldehydes is 1. The zero-order valence-electron chi connectivity index (χ0n) is 25.2. The summed E-state index contributed by atoms with van der Waals surface area (Å²) < 4.78 is 11.8. The molecule has 0 aliphatic carbocycles. The quantitative estimate of drug-likeness (QED) is 0.251. The summed E-state index contributed by atoms with van der Waals surface area (Å²) >= 11 is 0. The van der Waals surface area contributed by atoms with Crippen molar-refractivity contribution in [1.29, 1.82) is 0 Å². The molecule has 4 aliphatic rings. The van der Waals surface area contributed by atoms with Crippen LogP contribution in [0.2, 0.25) is 0 Å². The van der Waals surface area contributed by atoms with Crippen LogP contribution in [0, 0.1) is 5.92 Å². The van der Waals surface area contributed by atoms with Gasteiger partial charge in [0, 0.05) is 30.6 Å². The zero-order chi connectivity index (χ0) is 31.2. The number of carbonyl (C=O) groups is 4. The second-order valence-electron chi connectivity index (χ2n) is 12.0. The second-order valence-corrected chi connectivity index (χ2v) is 12.0. The number of alkyl carbamates (subject to hydrolysis) is 1. The molecule has 0 saturated carbocycles. The van der Waals surface area contributed by atoms with E-state index in [9.17, 15) is 19.2 Å². The van der Waals surface area contributed by atoms with Gasteiger partial charge in [-0.3, -0.25) is 14.5 Å². The molecule has 0 unspecified atom stereocenters. The SMILES string of the molecule is O=CCCNC(=O)c1ccc(COc2ccc(C(=O)N3CC(NC(=O)O[C@H]4CN5CCC4CC5)(c4ccccc4)C3)cc2)cc1. The van der Waals surface area contributed by atoms with Gasteiger partial charge in [0.25, 0.3) is 11.8 Å². The Morgan fingerprint density at radius 2 is 1.58 bits per heavy atom. The number of hydrogen-bond acceptors (Lipinski definition) is 7. The minimum absolute atomic E-state index is 0.0929. The van der Waals surface area contributed by atoms with E-state index in [1.165, 1.54) is 0 Å². The van der Waals surface area contributed by atoms with Gasteiger partial charge in [0.15, 0.2) is 0 Å². The highest BCUT2D eigenvalue weighted by atomic mass is 16.6. The van der Waals surface area contributed by atoms with Crippen molar-refractivity contribution < 1.29 is 28.7 Å². The Morgan fingerprint density at radius 3 is 2.22 bits per heavy atom. The summed E-state index contributed by atoms with van der Waals surface area (Å²) in [5.41, 5.74) is 2.16. The number of amides is 3. The van der Waals surface area contributed by atoms with Gasteiger partial charge in [0.05, 0.1) is 13.1 Å². The van der Waals surface area contributed by atoms with Gasteiger partial charge >= 0.3 is 6.09 Å². The number of piperidine rings is 3. The third-order valence-corrected chi connectivity index (χ3v) is 9.00. The topological polar surface area (TPSA) is 117 Å². The molecule has 7 rings (SSSR count). The first kappa shape index (κ1) is 30.3. The molecule has 10 heteroatoms. The number of benzene rings is 3. The second kappa shape index (κ2) is 13.5. The first-order valence-electron chi connectivity index (χ1n) is 15.5. The van der Waals surface area contributed by atoms with E-state index in [4.69, 9.17) is 9.47 Å². The highest BCUT2D eigenvalue weighted by Gasteiger charge is 2.49. The van der Waals surface area contributed by atoms with Gasteiger partial charge in [-0.15, -0.1) is 0 Å². The lowest BCUT2D eigenvalue weighted by Crippen LogP contribution is -2.69. The molecule has 4 fully saturated rings. The number of nitrogens with one attached hydrogen (secondary N) is 2. The maximum absolute atomic E-state index is 13.4. The number of ether oxygens (including phenoxy) is 2. The van der Waals surface area contributed by atoms with Gasteiger partial charge in [-0.25, -0.2) is 4.79 Å². The van der Waals surface area contributed by atoms with Crippen LogP contribution in [0.5, 0.6) is 5.75 Å². The molecule has 4 aliphatic heterocycles. The Hall–Kier alpha value is -4.70. The zero-order valence-corrected chi connectivity index (χ0v) is 25.2. The maximum Gasteiger partial charge on any atom is 0.408 e. The third kappa shape index (κ3) is 7.01. The monoisotopic (exact) mass is 610 g/mol. The van der Waals surface area contributed by atoms with Crippen LogP contribution in [0.3, 0.4) is 0 Å². The van der Waals surface area contributed by atoms with Crippen molar-refractivity contribution in [3.8, 4) is 5.75 Å². The predicted octanol–water partition coefficient (Wildman–Crippen LogP) is 3.76. The van der Waals surface area contributed by atoms with Crippen LogP contribution in [0.1, 0.15) is 51.1 Å². The maximum atomic E-state index is 13.4. The Balaban J connectivity index is 1.02. The van der Waals surface area contributed by atoms with Crippen molar-refractivity contribution in [2.45, 2.75) is 37.5 Å². The van der Waals surface area contributed by atoms with E-state index in [1.807, 2.05) is 42.5 Å². The van der Waals surface area contributed by atoms with Crippen molar-refractivity contribution in [3.63, 3.8) is 0 Å². The molecule has 234 valence electrons. The van der Waals surface area contributed by atoms with Crippen molar-refractivity contribution in [2.75, 3.05) is 39.3 Å². The summed E-state index contributed by atoms with van der Waals surface area (Å²) in [5, 5.41) is 5.81. The van der Waals surface area contributed by atoms with Crippen molar-refractivity contribution >= 4 is 24.2 Å². The lowest BCUT2D eigenvalue weighted by Gasteiger charge is -2.51. The average molecular weight is 611 g/mol. The lowest BCUT2D eigenvalue weighted by molar-refractivity contribution is -0.107. The third-order valence-electron chi connectivity index (χ3n) is 9.00. The van der Waals surface area contributed by atoms with Gasteiger partial charge in [-0.05, 0) is 79.4 Å². The first-order valence-corrected chi connectivity index (χ1v) is 15.5. The van der Waals surface area contributed by atoms with Gasteiger partial charge in [-0.2, -0.15) is 0 Å². The standard InChI is InChI=1S/C35H38N4O6/c40-20-4-17-36-32(41)27-9-7-25(8-10-27)22-44-30-13-11-28(12-14-30)33(42)39-23-35(24-39,29-5-2-1-3-6-29)37-34(43)45-31-21-38-18-15-26(31)16-19-38/h1-3,5-14,20,26,31H,4,15-19,21-24H2,(H,36,41)(H,37,43)/t31-/m0/s1. The van der Waals surface area contributed by atoms with Crippen LogP contribution < -0.4 is 15.4 Å². The number of fused-ring (bicyclic) bond motifs is 3. The van der Waals surface area contributed by atoms with Crippen molar-refractivity contribution in [2.24, 2.45) is 5.92 Å². The van der Waals surface area contributed by atoms with E-state index in [2.05, 4.69) is 15.5 Å². The van der Waals surface area contributed by atoms with Gasteiger partial charge in [0.1, 0.15) is 30.3 Å². The summed E-state index contributed by atoms with van der Waals surface area (Å²) in [4.78, 5) is 53.1. The highest BCUT2D eigenvalue weighted by Crippen LogP contribution is 2.35. The van der Waals surface area contributed by atoms with Gasteiger partial charge < -0.3 is 29.8 Å². The van der Waals surface area contributed by atoms with E-state index in [0.29, 0.717) is 49.0 Å². The van der Waals surface area contributed by atoms with Crippen LogP contribution in [-0.2, 0) is 21.7 Å². The van der Waals surface area contributed by atoms with Crippen LogP contribution in [-0.4, -0.2) is 79.4 Å². The minimum Gasteiger partial charge on any atom is -0.489 e. The summed E-state index contributed by atoms with van der Waals surface area (Å²) in [7, 11) is 0. The highest BCUT2D eigenvalue weighted by molar-refractivity contribution is 5.95. The molecule has 0 aromatic heterocycles. The van der Waals surface area contributed by atoms with E-state index in [1.54, 1.807) is 41.3 Å². The summed E-state index contributed by atoms with van der Waals surface area (Å²) in [5.74, 6) is 0.677. The van der Waals surface area contributed by atoms with E-state index in [-0.39, 0.29) is 24.3 Å². The molecule has 4 saturated heterocycles. The largest absolute Gasteiger partial charge is 0.489 e. The first-order chi connectivity index (χ1) is 21.9. The molecule has 0 spiro atoms. The molecule has 0 radical (unpaired) electrons. The fourth-order valence-corrected chi connectivity index (χ4v) is 6.39. The molecule has 3 aromatic carbocycles. The van der Waals surface area contributed by atoms with Crippen LogP contribution in [0.4, 0.5) is 4.79 Å². The summed E-state index contributed by atoms with van der Waals surface area (Å²) in [6, 6.07) is 23.8.